The van der Waals surface area contributed by atoms with Gasteiger partial charge in [0.25, 0.3) is 5.91 Å². The third-order valence-corrected chi connectivity index (χ3v) is 3.19. The second-order valence-electron chi connectivity index (χ2n) is 3.90. The Balaban J connectivity index is 1.98. The normalized spacial score (nSPS) is 10.4. The lowest BCUT2D eigenvalue weighted by atomic mass is 10.2. The molecule has 100 valence electrons. The van der Waals surface area contributed by atoms with Crippen LogP contribution < -0.4 is 11.1 Å². The highest BCUT2D eigenvalue weighted by molar-refractivity contribution is 9.10. The van der Waals surface area contributed by atoms with Gasteiger partial charge in [-0.2, -0.15) is 0 Å². The third kappa shape index (κ3) is 3.31. The largest absolute Gasteiger partial charge is 0.396 e. The molecule has 0 unspecified atom stereocenters. The predicted octanol–water partition coefficient (Wildman–Crippen LogP) is 1.87. The molecule has 1 amide bonds. The van der Waals surface area contributed by atoms with E-state index in [9.17, 15) is 9.18 Å². The Hall–Kier alpha value is -1.89. The molecule has 0 bridgehead atoms. The minimum Gasteiger partial charge on any atom is -0.396 e. The van der Waals surface area contributed by atoms with Gasteiger partial charge in [-0.25, -0.2) is 9.37 Å². The Morgan fingerprint density at radius 3 is 3.00 bits per heavy atom. The molecule has 0 saturated heterocycles. The molecule has 2 aromatic rings. The van der Waals surface area contributed by atoms with Crippen molar-refractivity contribution < 1.29 is 9.18 Å². The van der Waals surface area contributed by atoms with Crippen LogP contribution >= 0.6 is 15.9 Å². The van der Waals surface area contributed by atoms with Crippen molar-refractivity contribution in [3.05, 3.63) is 46.2 Å². The number of imidazole rings is 1. The molecule has 0 aliphatic rings. The number of hydrogen-bond acceptors (Lipinski definition) is 3. The number of benzene rings is 1. The van der Waals surface area contributed by atoms with Crippen LogP contribution in [0.3, 0.4) is 0 Å². The molecule has 1 aromatic heterocycles. The smallest absolute Gasteiger partial charge is 0.252 e. The summed E-state index contributed by atoms with van der Waals surface area (Å²) in [6.07, 6.45) is 3.95. The summed E-state index contributed by atoms with van der Waals surface area (Å²) in [6, 6.07) is 2.48. The van der Waals surface area contributed by atoms with Gasteiger partial charge in [0.05, 0.1) is 11.3 Å². The van der Waals surface area contributed by atoms with Gasteiger partial charge >= 0.3 is 0 Å². The first-order valence-corrected chi connectivity index (χ1v) is 6.38. The van der Waals surface area contributed by atoms with Gasteiger partial charge in [0.2, 0.25) is 0 Å². The first-order chi connectivity index (χ1) is 9.08. The first-order valence-electron chi connectivity index (χ1n) is 5.59. The summed E-state index contributed by atoms with van der Waals surface area (Å²) in [7, 11) is 0. The van der Waals surface area contributed by atoms with Crippen molar-refractivity contribution >= 4 is 27.5 Å². The molecule has 0 atom stereocenters. The van der Waals surface area contributed by atoms with Gasteiger partial charge in [-0.1, -0.05) is 0 Å². The fraction of sp³-hybridized carbons (Fsp3) is 0.167. The average Bonchev–Trinajstić information content (AvgIpc) is 2.86. The SMILES string of the molecule is Nc1cc(C(=O)NCCc2ncc[nH]2)c(Br)cc1F. The lowest BCUT2D eigenvalue weighted by molar-refractivity contribution is 0.0953. The van der Waals surface area contributed by atoms with Crippen molar-refractivity contribution in [1.29, 1.82) is 0 Å². The number of anilines is 1. The Morgan fingerprint density at radius 2 is 2.32 bits per heavy atom. The molecule has 0 fully saturated rings. The van der Waals surface area contributed by atoms with Gasteiger partial charge in [-0.05, 0) is 28.1 Å². The van der Waals surface area contributed by atoms with Crippen LogP contribution in [0.4, 0.5) is 10.1 Å². The Labute approximate surface area is 117 Å². The summed E-state index contributed by atoms with van der Waals surface area (Å²) >= 11 is 3.14. The number of carbonyl (C=O) groups excluding carboxylic acids is 1. The Bertz CT molecular complexity index is 586. The fourth-order valence-corrected chi connectivity index (χ4v) is 2.06. The number of aromatic nitrogens is 2. The van der Waals surface area contributed by atoms with Crippen molar-refractivity contribution in [2.24, 2.45) is 0 Å². The van der Waals surface area contributed by atoms with Crippen LogP contribution in [-0.4, -0.2) is 22.4 Å². The number of nitrogens with two attached hydrogens (primary N) is 1. The molecule has 0 radical (unpaired) electrons. The van der Waals surface area contributed by atoms with Crippen LogP contribution in [0, 0.1) is 5.82 Å². The van der Waals surface area contributed by atoms with Crippen molar-refractivity contribution in [2.45, 2.75) is 6.42 Å². The number of nitrogens with one attached hydrogen (secondary N) is 2. The van der Waals surface area contributed by atoms with Crippen LogP contribution in [0.5, 0.6) is 0 Å². The van der Waals surface area contributed by atoms with Gasteiger partial charge in [-0.15, -0.1) is 0 Å². The highest BCUT2D eigenvalue weighted by Crippen LogP contribution is 2.22. The molecule has 7 heteroatoms. The van der Waals surface area contributed by atoms with Gasteiger partial charge in [0.1, 0.15) is 11.6 Å². The Kier molecular flexibility index (Phi) is 4.16. The number of nitrogen functional groups attached to an aromatic ring is 1. The van der Waals surface area contributed by atoms with Crippen molar-refractivity contribution in [2.75, 3.05) is 12.3 Å². The number of hydrogen-bond donors (Lipinski definition) is 3. The molecule has 0 saturated carbocycles. The van der Waals surface area contributed by atoms with Crippen molar-refractivity contribution in [1.82, 2.24) is 15.3 Å². The lowest BCUT2D eigenvalue weighted by Crippen LogP contribution is -2.26. The number of halogens is 2. The molecule has 1 heterocycles. The maximum atomic E-state index is 13.2. The summed E-state index contributed by atoms with van der Waals surface area (Å²) in [6.45, 7) is 0.427. The molecule has 1 aromatic carbocycles. The van der Waals surface area contributed by atoms with Crippen molar-refractivity contribution in [3.8, 4) is 0 Å². The zero-order valence-corrected chi connectivity index (χ0v) is 11.5. The first kappa shape index (κ1) is 13.5. The van der Waals surface area contributed by atoms with Gasteiger partial charge < -0.3 is 16.0 Å². The second-order valence-corrected chi connectivity index (χ2v) is 4.75. The second kappa shape index (κ2) is 5.83. The average molecular weight is 327 g/mol. The zero-order chi connectivity index (χ0) is 13.8. The molecule has 19 heavy (non-hydrogen) atoms. The maximum Gasteiger partial charge on any atom is 0.252 e. The summed E-state index contributed by atoms with van der Waals surface area (Å²) < 4.78 is 13.5. The zero-order valence-electron chi connectivity index (χ0n) is 9.91. The maximum absolute atomic E-state index is 13.2. The van der Waals surface area contributed by atoms with E-state index in [-0.39, 0.29) is 11.6 Å². The van der Waals surface area contributed by atoms with Crippen molar-refractivity contribution in [3.63, 3.8) is 0 Å². The molecule has 0 spiro atoms. The molecule has 0 aliphatic heterocycles. The van der Waals surface area contributed by atoms with E-state index < -0.39 is 5.82 Å². The van der Waals surface area contributed by atoms with Crippen LogP contribution in [-0.2, 0) is 6.42 Å². The number of amides is 1. The minimum absolute atomic E-state index is 0.0561. The van der Waals surface area contributed by atoms with Gasteiger partial charge in [0, 0.05) is 29.8 Å². The molecular formula is C12H12BrFN4O. The third-order valence-electron chi connectivity index (χ3n) is 2.53. The van der Waals surface area contributed by atoms with E-state index >= 15 is 0 Å². The van der Waals surface area contributed by atoms with E-state index in [1.165, 1.54) is 12.1 Å². The monoisotopic (exact) mass is 326 g/mol. The number of carbonyl (C=O) groups is 1. The number of aromatic amines is 1. The number of nitrogens with zero attached hydrogens (tertiary/aromatic N) is 1. The molecular weight excluding hydrogens is 315 g/mol. The molecule has 2 rings (SSSR count). The summed E-state index contributed by atoms with van der Waals surface area (Å²) in [5.74, 6) is -0.0814. The van der Waals surface area contributed by atoms with E-state index in [0.29, 0.717) is 23.0 Å². The lowest BCUT2D eigenvalue weighted by Gasteiger charge is -2.07. The number of H-pyrrole nitrogens is 1. The van der Waals surface area contributed by atoms with E-state index in [4.69, 9.17) is 5.73 Å². The Morgan fingerprint density at radius 1 is 1.53 bits per heavy atom. The van der Waals surface area contributed by atoms with E-state index in [1.807, 2.05) is 0 Å². The summed E-state index contributed by atoms with van der Waals surface area (Å²) in [5, 5.41) is 2.72. The standard InChI is InChI=1S/C12H12BrFN4O/c13-8-6-9(14)10(15)5-7(8)12(19)18-2-1-11-16-3-4-17-11/h3-6H,1-2,15H2,(H,16,17)(H,18,19). The van der Waals surface area contributed by atoms with E-state index in [0.717, 1.165) is 5.82 Å². The van der Waals surface area contributed by atoms with Gasteiger partial charge in [0.15, 0.2) is 0 Å². The summed E-state index contributed by atoms with van der Waals surface area (Å²) in [5.41, 5.74) is 5.69. The van der Waals surface area contributed by atoms with E-state index in [2.05, 4.69) is 31.2 Å². The van der Waals surface area contributed by atoms with Crippen LogP contribution in [0.15, 0.2) is 29.0 Å². The van der Waals surface area contributed by atoms with E-state index in [1.54, 1.807) is 12.4 Å². The quantitative estimate of drug-likeness (QED) is 0.750. The summed E-state index contributed by atoms with van der Waals surface area (Å²) in [4.78, 5) is 18.9. The van der Waals surface area contributed by atoms with Gasteiger partial charge in [-0.3, -0.25) is 4.79 Å². The highest BCUT2D eigenvalue weighted by atomic mass is 79.9. The molecule has 4 N–H and O–H groups in total. The fourth-order valence-electron chi connectivity index (χ4n) is 1.56. The predicted molar refractivity (Wildman–Crippen MR) is 73.1 cm³/mol. The minimum atomic E-state index is -0.556. The van der Waals surface area contributed by atoms with Crippen LogP contribution in [0.2, 0.25) is 0 Å². The topological polar surface area (TPSA) is 83.8 Å². The highest BCUT2D eigenvalue weighted by Gasteiger charge is 2.13. The van der Waals surface area contributed by atoms with Crippen LogP contribution in [0.1, 0.15) is 16.2 Å². The van der Waals surface area contributed by atoms with Crippen LogP contribution in [0.25, 0.3) is 0 Å². The number of rotatable bonds is 4. The molecule has 5 nitrogen and oxygen atoms in total. The molecule has 0 aliphatic carbocycles.